The molecule has 2 aromatic carbocycles. The Balaban J connectivity index is 1.63. The lowest BCUT2D eigenvalue weighted by Gasteiger charge is -2.34. The monoisotopic (exact) mass is 665 g/mol. The molecule has 1 aromatic heterocycles. The number of hydroxylamine groups is 1. The number of hydrogen-bond donors (Lipinski definition) is 2. The van der Waals surface area contributed by atoms with E-state index in [2.05, 4.69) is 10.0 Å². The van der Waals surface area contributed by atoms with E-state index >= 15 is 0 Å². The Kier molecular flexibility index (Phi) is 8.90. The number of quaternary nitrogens is 1. The van der Waals surface area contributed by atoms with Crippen molar-refractivity contribution in [2.24, 2.45) is 0 Å². The van der Waals surface area contributed by atoms with Gasteiger partial charge < -0.3 is 0 Å². The van der Waals surface area contributed by atoms with Crippen LogP contribution < -0.4 is 14.5 Å². The van der Waals surface area contributed by atoms with Gasteiger partial charge in [0.05, 0.1) is 23.3 Å². The van der Waals surface area contributed by atoms with Crippen LogP contribution >= 0.6 is 46.3 Å². The molecule has 3 aromatic rings. The number of halogens is 2. The Morgan fingerprint density at radius 2 is 1.90 bits per heavy atom. The maximum absolute atomic E-state index is 13.5. The van der Waals surface area contributed by atoms with Crippen molar-refractivity contribution in [3.8, 4) is 0 Å². The van der Waals surface area contributed by atoms with E-state index in [1.165, 1.54) is 11.8 Å². The highest BCUT2D eigenvalue weighted by atomic mass is 35.5. The number of unbranched alkanes of at least 4 members (excludes halogenated alkanes) is 1. The first-order valence-electron chi connectivity index (χ1n) is 12.7. The summed E-state index contributed by atoms with van der Waals surface area (Å²) in [7, 11) is -8.05. The van der Waals surface area contributed by atoms with Gasteiger partial charge in [-0.3, -0.25) is 4.55 Å². The molecule has 2 N–H and O–H groups in total. The standard InChI is InChI=1S/C25H28Cl2N3O6S4/c1-2-28-36-40(34,35)25-6-5-12-30(25)20-15-18(27)8-10-22(20)38-24(30)16-23-29(11-3-4-13-39(31,32)33)19-14-17(26)7-9-21(19)37-23/h7-10,14-16,25,28H,2-6,11-13H2,1H3/q+1/p+1. The zero-order valence-corrected chi connectivity index (χ0v) is 26.3. The molecule has 0 radical (unpaired) electrons. The van der Waals surface area contributed by atoms with E-state index in [0.29, 0.717) is 55.4 Å². The lowest BCUT2D eigenvalue weighted by atomic mass is 10.2. The lowest BCUT2D eigenvalue weighted by molar-refractivity contribution is -0.669. The maximum Gasteiger partial charge on any atom is 0.338 e. The summed E-state index contributed by atoms with van der Waals surface area (Å²) in [6, 6.07) is 11.2. The predicted octanol–water partition coefficient (Wildman–Crippen LogP) is 5.57. The molecule has 3 heterocycles. The van der Waals surface area contributed by atoms with E-state index in [0.717, 1.165) is 30.8 Å². The number of nitrogens with zero attached hydrogens (tertiary/aromatic N) is 2. The minimum atomic E-state index is -4.05. The Morgan fingerprint density at radius 1 is 1.15 bits per heavy atom. The molecule has 0 saturated carbocycles. The Morgan fingerprint density at radius 3 is 2.65 bits per heavy atom. The molecule has 1 spiro atoms. The maximum atomic E-state index is 13.5. The number of thiazole rings is 1. The summed E-state index contributed by atoms with van der Waals surface area (Å²) < 4.78 is 67.0. The van der Waals surface area contributed by atoms with Gasteiger partial charge in [0.1, 0.15) is 4.70 Å². The predicted molar refractivity (Wildman–Crippen MR) is 161 cm³/mol. The second-order valence-electron chi connectivity index (χ2n) is 9.66. The van der Waals surface area contributed by atoms with Crippen molar-refractivity contribution >= 4 is 88.5 Å². The number of rotatable bonds is 10. The van der Waals surface area contributed by atoms with Gasteiger partial charge in [-0.05, 0) is 42.4 Å². The molecule has 2 unspecified atom stereocenters. The second-order valence-corrected chi connectivity index (χ2v) is 15.9. The average Bonchev–Trinajstić information content (AvgIpc) is 3.56. The van der Waals surface area contributed by atoms with Crippen LogP contribution in [0.1, 0.15) is 37.6 Å². The Bertz CT molecular complexity index is 1690. The molecule has 0 bridgehead atoms. The smallest absolute Gasteiger partial charge is 0.286 e. The van der Waals surface area contributed by atoms with Gasteiger partial charge in [-0.25, -0.2) is 4.48 Å². The van der Waals surface area contributed by atoms with E-state index in [1.54, 1.807) is 24.3 Å². The van der Waals surface area contributed by atoms with Crippen molar-refractivity contribution < 1.29 is 30.2 Å². The van der Waals surface area contributed by atoms with Crippen LogP contribution in [0.15, 0.2) is 46.3 Å². The fourth-order valence-electron chi connectivity index (χ4n) is 5.39. The van der Waals surface area contributed by atoms with Gasteiger partial charge in [0.15, 0.2) is 17.3 Å². The highest BCUT2D eigenvalue weighted by Crippen LogP contribution is 2.57. The number of benzene rings is 2. The SMILES string of the molecule is CCNOS(=O)(=O)C1CCC[N+]12C(=Cc1sc3ccc(Cl)cc3[n+]1CCCCS(=O)(=O)O)Sc1ccc(Cl)cc12. The summed E-state index contributed by atoms with van der Waals surface area (Å²) >= 11 is 15.8. The summed E-state index contributed by atoms with van der Waals surface area (Å²) in [6.07, 6.45) is 3.94. The van der Waals surface area contributed by atoms with Crippen LogP contribution in [0.5, 0.6) is 0 Å². The lowest BCUT2D eigenvalue weighted by Crippen LogP contribution is -2.54. The van der Waals surface area contributed by atoms with E-state index in [1.807, 2.05) is 36.4 Å². The Labute approximate surface area is 252 Å². The molecule has 5 rings (SSSR count). The molecular weight excluding hydrogens is 637 g/mol. The van der Waals surface area contributed by atoms with Crippen LogP contribution in [0.3, 0.4) is 0 Å². The molecular formula is C25H29Cl2N3O6S4+2. The van der Waals surface area contributed by atoms with Gasteiger partial charge in [0.25, 0.3) is 15.1 Å². The van der Waals surface area contributed by atoms with Crippen LogP contribution in [0.2, 0.25) is 10.0 Å². The fraction of sp³-hybridized carbons (Fsp3) is 0.400. The molecule has 9 nitrogen and oxygen atoms in total. The molecule has 2 aliphatic heterocycles. The topological polar surface area (TPSA) is 114 Å². The van der Waals surface area contributed by atoms with Gasteiger partial charge in [0.2, 0.25) is 10.9 Å². The molecule has 216 valence electrons. The number of hydrogen-bond acceptors (Lipinski definition) is 8. The molecule has 15 heteroatoms. The largest absolute Gasteiger partial charge is 0.338 e. The second kappa shape index (κ2) is 11.8. The first-order valence-corrected chi connectivity index (χ1v) is 18.2. The normalized spacial score (nSPS) is 22.1. The van der Waals surface area contributed by atoms with Crippen molar-refractivity contribution in [1.82, 2.24) is 9.96 Å². The summed E-state index contributed by atoms with van der Waals surface area (Å²) in [4.78, 5) is 0.935. The van der Waals surface area contributed by atoms with Crippen LogP contribution in [0, 0.1) is 0 Å². The highest BCUT2D eigenvalue weighted by Gasteiger charge is 2.59. The van der Waals surface area contributed by atoms with Gasteiger partial charge >= 0.3 is 10.1 Å². The zero-order valence-electron chi connectivity index (χ0n) is 21.5. The van der Waals surface area contributed by atoms with Gasteiger partial charge in [0, 0.05) is 48.0 Å². The summed E-state index contributed by atoms with van der Waals surface area (Å²) in [5, 5.41) is 1.95. The zero-order chi connectivity index (χ0) is 28.7. The molecule has 40 heavy (non-hydrogen) atoms. The fourth-order valence-corrected chi connectivity index (χ4v) is 10.5. The number of aromatic nitrogens is 1. The summed E-state index contributed by atoms with van der Waals surface area (Å²) in [6.45, 7) is 3.16. The summed E-state index contributed by atoms with van der Waals surface area (Å²) in [5.41, 5.74) is 4.25. The third-order valence-corrected chi connectivity index (χ3v) is 12.3. The summed E-state index contributed by atoms with van der Waals surface area (Å²) in [5.74, 6) is -0.315. The van der Waals surface area contributed by atoms with E-state index in [4.69, 9.17) is 32.0 Å². The minimum absolute atomic E-state index is 0.0893. The van der Waals surface area contributed by atoms with Crippen molar-refractivity contribution in [3.63, 3.8) is 0 Å². The number of thioether (sulfide) groups is 1. The van der Waals surface area contributed by atoms with Crippen molar-refractivity contribution in [3.05, 3.63) is 56.5 Å². The number of nitrogens with one attached hydrogen (secondary N) is 1. The van der Waals surface area contributed by atoms with Crippen LogP contribution in [0.4, 0.5) is 5.69 Å². The third-order valence-electron chi connectivity index (χ3n) is 7.04. The first kappa shape index (κ1) is 30.2. The van der Waals surface area contributed by atoms with Crippen molar-refractivity contribution in [2.45, 2.75) is 49.4 Å². The molecule has 1 fully saturated rings. The first-order chi connectivity index (χ1) is 18.9. The van der Waals surface area contributed by atoms with Gasteiger partial charge in [-0.1, -0.05) is 41.5 Å². The van der Waals surface area contributed by atoms with Crippen LogP contribution in [0.25, 0.3) is 16.3 Å². The van der Waals surface area contributed by atoms with E-state index < -0.39 is 25.6 Å². The molecule has 0 amide bonds. The minimum Gasteiger partial charge on any atom is -0.286 e. The van der Waals surface area contributed by atoms with E-state index in [-0.39, 0.29) is 10.2 Å². The van der Waals surface area contributed by atoms with Crippen molar-refractivity contribution in [2.75, 3.05) is 18.8 Å². The van der Waals surface area contributed by atoms with Crippen LogP contribution in [-0.2, 0) is 31.1 Å². The van der Waals surface area contributed by atoms with Crippen LogP contribution in [-0.4, -0.2) is 45.6 Å². The Hall–Kier alpha value is -1.26. The number of aryl methyl sites for hydroxylation is 1. The van der Waals surface area contributed by atoms with E-state index in [9.17, 15) is 16.8 Å². The molecule has 1 saturated heterocycles. The van der Waals surface area contributed by atoms with Gasteiger partial charge in [-0.2, -0.15) is 31.2 Å². The molecule has 0 aliphatic carbocycles. The van der Waals surface area contributed by atoms with Crippen molar-refractivity contribution in [1.29, 1.82) is 0 Å². The highest BCUT2D eigenvalue weighted by molar-refractivity contribution is 8.03. The third kappa shape index (κ3) is 5.96. The molecule has 2 aliphatic rings. The van der Waals surface area contributed by atoms with Gasteiger partial charge in [-0.15, -0.1) is 0 Å². The quantitative estimate of drug-likeness (QED) is 0.0951. The molecule has 2 atom stereocenters. The average molecular weight is 667 g/mol. The number of fused-ring (bicyclic) bond motifs is 3.